The van der Waals surface area contributed by atoms with Crippen molar-refractivity contribution in [3.63, 3.8) is 0 Å². The van der Waals surface area contributed by atoms with E-state index in [1.165, 1.54) is 56.9 Å². The highest BCUT2D eigenvalue weighted by atomic mass is 16.1. The van der Waals surface area contributed by atoms with Crippen molar-refractivity contribution in [1.29, 1.82) is 0 Å². The molecule has 4 aliphatic carbocycles. The van der Waals surface area contributed by atoms with E-state index in [1.807, 2.05) is 6.20 Å². The van der Waals surface area contributed by atoms with E-state index >= 15 is 0 Å². The molecule has 5 rings (SSSR count). The van der Waals surface area contributed by atoms with Crippen LogP contribution in [0.2, 0.25) is 0 Å². The number of pyridine rings is 1. The average Bonchev–Trinajstić information content (AvgIpc) is 3.66. The highest BCUT2D eigenvalue weighted by molar-refractivity contribution is 5.86. The first kappa shape index (κ1) is 20.4. The van der Waals surface area contributed by atoms with Gasteiger partial charge in [-0.1, -0.05) is 32.1 Å². The molecule has 0 aromatic carbocycles. The van der Waals surface area contributed by atoms with Crippen LogP contribution in [0.15, 0.2) is 18.3 Å². The summed E-state index contributed by atoms with van der Waals surface area (Å²) >= 11 is 0. The first-order valence-corrected chi connectivity index (χ1v) is 12.7. The molecule has 0 spiro atoms. The lowest BCUT2D eigenvalue weighted by atomic mass is 10.0. The molecular formula is C27H37NO2. The molecule has 4 saturated carbocycles. The molecule has 0 N–H and O–H groups in total. The quantitative estimate of drug-likeness (QED) is 0.465. The number of carbonyl (C=O) groups excluding carboxylic acids is 2. The molecule has 0 bridgehead atoms. The molecule has 0 radical (unpaired) electrons. The van der Waals surface area contributed by atoms with Gasteiger partial charge in [0.15, 0.2) is 0 Å². The molecule has 162 valence electrons. The van der Waals surface area contributed by atoms with Crippen LogP contribution in [0.3, 0.4) is 0 Å². The summed E-state index contributed by atoms with van der Waals surface area (Å²) < 4.78 is 0. The Labute approximate surface area is 181 Å². The summed E-state index contributed by atoms with van der Waals surface area (Å²) in [6, 6.07) is 4.23. The van der Waals surface area contributed by atoms with Gasteiger partial charge in [0.2, 0.25) is 0 Å². The second kappa shape index (κ2) is 8.93. The minimum atomic E-state index is 0.339. The number of carbonyl (C=O) groups is 2. The highest BCUT2D eigenvalue weighted by Crippen LogP contribution is 2.56. The fourth-order valence-electron chi connectivity index (χ4n) is 6.99. The SMILES string of the molecule is O=C(CCCCCc1ccnc(CC(=O)C2C3CCCCC32)c1)C1C2CCCCC21. The number of Topliss-reactive ketones (excluding diaryl/α,β-unsaturated/α-hetero) is 2. The third-order valence-electron chi connectivity index (χ3n) is 8.68. The van der Waals surface area contributed by atoms with Gasteiger partial charge in [-0.25, -0.2) is 0 Å². The smallest absolute Gasteiger partial charge is 0.142 e. The molecule has 3 heteroatoms. The van der Waals surface area contributed by atoms with Gasteiger partial charge in [-0.15, -0.1) is 0 Å². The van der Waals surface area contributed by atoms with Crippen molar-refractivity contribution in [2.45, 2.75) is 89.9 Å². The van der Waals surface area contributed by atoms with Crippen molar-refractivity contribution in [2.75, 3.05) is 0 Å². The van der Waals surface area contributed by atoms with Crippen molar-refractivity contribution in [1.82, 2.24) is 4.98 Å². The van der Waals surface area contributed by atoms with E-state index in [0.29, 0.717) is 41.7 Å². The van der Waals surface area contributed by atoms with E-state index in [2.05, 4.69) is 17.1 Å². The largest absolute Gasteiger partial charge is 0.299 e. The van der Waals surface area contributed by atoms with Crippen LogP contribution in [0.4, 0.5) is 0 Å². The molecule has 4 fully saturated rings. The maximum atomic E-state index is 12.7. The van der Waals surface area contributed by atoms with E-state index in [0.717, 1.165) is 49.6 Å². The Kier molecular flexibility index (Phi) is 6.07. The summed E-state index contributed by atoms with van der Waals surface area (Å²) in [5.41, 5.74) is 2.24. The molecule has 4 aliphatic rings. The molecule has 4 unspecified atom stereocenters. The van der Waals surface area contributed by atoms with Crippen LogP contribution >= 0.6 is 0 Å². The summed E-state index contributed by atoms with van der Waals surface area (Å²) in [5.74, 6) is 4.64. The van der Waals surface area contributed by atoms with Crippen molar-refractivity contribution in [2.24, 2.45) is 35.5 Å². The van der Waals surface area contributed by atoms with Gasteiger partial charge < -0.3 is 0 Å². The van der Waals surface area contributed by atoms with E-state index in [4.69, 9.17) is 0 Å². The van der Waals surface area contributed by atoms with Crippen molar-refractivity contribution in [3.05, 3.63) is 29.6 Å². The number of nitrogens with zero attached hydrogens (tertiary/aromatic N) is 1. The maximum absolute atomic E-state index is 12.7. The summed E-state index contributed by atoms with van der Waals surface area (Å²) in [6.07, 6.45) is 17.9. The summed E-state index contributed by atoms with van der Waals surface area (Å²) in [5, 5.41) is 0. The van der Waals surface area contributed by atoms with E-state index in [9.17, 15) is 9.59 Å². The number of hydrogen-bond acceptors (Lipinski definition) is 3. The summed E-state index contributed by atoms with van der Waals surface area (Å²) in [4.78, 5) is 29.6. The third kappa shape index (κ3) is 4.41. The maximum Gasteiger partial charge on any atom is 0.142 e. The first-order chi connectivity index (χ1) is 14.7. The first-order valence-electron chi connectivity index (χ1n) is 12.7. The zero-order valence-corrected chi connectivity index (χ0v) is 18.4. The van der Waals surface area contributed by atoms with Gasteiger partial charge >= 0.3 is 0 Å². The lowest BCUT2D eigenvalue weighted by molar-refractivity contribution is -0.121. The Hall–Kier alpha value is -1.51. The van der Waals surface area contributed by atoms with Crippen LogP contribution in [-0.4, -0.2) is 16.6 Å². The Morgan fingerprint density at radius 1 is 0.800 bits per heavy atom. The van der Waals surface area contributed by atoms with Gasteiger partial charge in [-0.05, 0) is 86.3 Å². The predicted molar refractivity (Wildman–Crippen MR) is 118 cm³/mol. The number of ketones is 2. The fourth-order valence-corrected chi connectivity index (χ4v) is 6.99. The van der Waals surface area contributed by atoms with Gasteiger partial charge in [0.1, 0.15) is 11.6 Å². The Morgan fingerprint density at radius 2 is 1.40 bits per heavy atom. The molecule has 0 saturated heterocycles. The van der Waals surface area contributed by atoms with Crippen LogP contribution in [0.1, 0.15) is 88.3 Å². The van der Waals surface area contributed by atoms with Crippen molar-refractivity contribution in [3.8, 4) is 0 Å². The standard InChI is InChI=1S/C27H37NO2/c29-24(26-20-9-4-5-10-21(20)26)13-3-1-2-8-18-14-15-28-19(16-18)17-25(30)27-22-11-6-7-12-23(22)27/h14-16,20-23,26-27H,1-13,17H2. The molecule has 30 heavy (non-hydrogen) atoms. The van der Waals surface area contributed by atoms with Gasteiger partial charge in [0.05, 0.1) is 0 Å². The number of aromatic nitrogens is 1. The normalized spacial score (nSPS) is 34.0. The second-order valence-corrected chi connectivity index (χ2v) is 10.6. The zero-order valence-electron chi connectivity index (χ0n) is 18.4. The predicted octanol–water partition coefficient (Wildman–Crippen LogP) is 5.74. The molecule has 1 aromatic rings. The third-order valence-corrected chi connectivity index (χ3v) is 8.68. The molecule has 1 heterocycles. The molecule has 3 nitrogen and oxygen atoms in total. The van der Waals surface area contributed by atoms with Crippen molar-refractivity contribution < 1.29 is 9.59 Å². The Morgan fingerprint density at radius 3 is 2.03 bits per heavy atom. The van der Waals surface area contributed by atoms with E-state index < -0.39 is 0 Å². The summed E-state index contributed by atoms with van der Waals surface area (Å²) in [6.45, 7) is 0. The Balaban J connectivity index is 1.01. The average molecular weight is 408 g/mol. The van der Waals surface area contributed by atoms with Gasteiger partial charge in [-0.2, -0.15) is 0 Å². The topological polar surface area (TPSA) is 47.0 Å². The number of aryl methyl sites for hydroxylation is 1. The highest BCUT2D eigenvalue weighted by Gasteiger charge is 2.54. The monoisotopic (exact) mass is 407 g/mol. The fraction of sp³-hybridized carbons (Fsp3) is 0.741. The number of hydrogen-bond donors (Lipinski definition) is 0. The van der Waals surface area contributed by atoms with Crippen LogP contribution in [0, 0.1) is 35.5 Å². The summed E-state index contributed by atoms with van der Waals surface area (Å²) in [7, 11) is 0. The number of rotatable bonds is 10. The van der Waals surface area contributed by atoms with E-state index in [1.54, 1.807) is 0 Å². The minimum absolute atomic E-state index is 0.339. The molecule has 1 aromatic heterocycles. The second-order valence-electron chi connectivity index (χ2n) is 10.6. The van der Waals surface area contributed by atoms with Gasteiger partial charge in [0, 0.05) is 36.6 Å². The van der Waals surface area contributed by atoms with Gasteiger partial charge in [-0.3, -0.25) is 14.6 Å². The van der Waals surface area contributed by atoms with Crippen LogP contribution in [0.5, 0.6) is 0 Å². The minimum Gasteiger partial charge on any atom is -0.299 e. The lowest BCUT2D eigenvalue weighted by Gasteiger charge is -2.05. The van der Waals surface area contributed by atoms with Gasteiger partial charge in [0.25, 0.3) is 0 Å². The lowest BCUT2D eigenvalue weighted by Crippen LogP contribution is -2.09. The van der Waals surface area contributed by atoms with Crippen LogP contribution in [0.25, 0.3) is 0 Å². The van der Waals surface area contributed by atoms with Crippen LogP contribution < -0.4 is 0 Å². The molecule has 4 atom stereocenters. The molecular weight excluding hydrogens is 370 g/mol. The van der Waals surface area contributed by atoms with Crippen LogP contribution in [-0.2, 0) is 22.4 Å². The molecule has 0 amide bonds. The number of unbranched alkanes of at least 4 members (excludes halogenated alkanes) is 2. The van der Waals surface area contributed by atoms with E-state index in [-0.39, 0.29) is 0 Å². The molecule has 0 aliphatic heterocycles. The van der Waals surface area contributed by atoms with Crippen molar-refractivity contribution >= 4 is 11.6 Å². The number of fused-ring (bicyclic) bond motifs is 2. The Bertz CT molecular complexity index is 763. The zero-order chi connectivity index (χ0) is 20.5.